The third-order valence-electron chi connectivity index (χ3n) is 7.98. The second kappa shape index (κ2) is 9.41. The van der Waals surface area contributed by atoms with Crippen LogP contribution in [0.25, 0.3) is 0 Å². The van der Waals surface area contributed by atoms with Crippen molar-refractivity contribution in [3.8, 4) is 0 Å². The summed E-state index contributed by atoms with van der Waals surface area (Å²) in [5, 5.41) is 1.92. The zero-order chi connectivity index (χ0) is 23.9. The number of piperidine rings is 1. The molecule has 6 nitrogen and oxygen atoms in total. The molecule has 1 N–H and O–H groups in total. The van der Waals surface area contributed by atoms with Gasteiger partial charge in [-0.05, 0) is 66.5 Å². The van der Waals surface area contributed by atoms with Gasteiger partial charge in [0.1, 0.15) is 5.82 Å². The SMILES string of the molecule is CC(c1ccc[nH]1)N1CC2C(CN(C(=O)c3cccs3)c3ccc(N4CCOCC4)c(F)c3)C2C1. The number of H-pyrrole nitrogens is 1. The number of amides is 1. The van der Waals surface area contributed by atoms with Gasteiger partial charge in [-0.3, -0.25) is 9.69 Å². The van der Waals surface area contributed by atoms with E-state index in [9.17, 15) is 4.79 Å². The zero-order valence-electron chi connectivity index (χ0n) is 19.9. The number of ether oxygens (including phenoxy) is 1. The first-order valence-electron chi connectivity index (χ1n) is 12.4. The molecule has 0 spiro atoms. The van der Waals surface area contributed by atoms with Gasteiger partial charge in [-0.1, -0.05) is 6.07 Å². The number of likely N-dealkylation sites (tertiary alicyclic amines) is 1. The van der Waals surface area contributed by atoms with Gasteiger partial charge in [0, 0.05) is 56.3 Å². The molecule has 3 atom stereocenters. The predicted octanol–water partition coefficient (Wildman–Crippen LogP) is 4.64. The summed E-state index contributed by atoms with van der Waals surface area (Å²) >= 11 is 1.44. The zero-order valence-corrected chi connectivity index (χ0v) is 20.7. The van der Waals surface area contributed by atoms with Crippen LogP contribution >= 0.6 is 11.3 Å². The summed E-state index contributed by atoms with van der Waals surface area (Å²) in [4.78, 5) is 23.9. The minimum atomic E-state index is -0.282. The third kappa shape index (κ3) is 4.39. The van der Waals surface area contributed by atoms with E-state index in [1.165, 1.54) is 23.1 Å². The summed E-state index contributed by atoms with van der Waals surface area (Å²) in [6.07, 6.45) is 1.98. The van der Waals surface area contributed by atoms with Crippen molar-refractivity contribution in [3.63, 3.8) is 0 Å². The monoisotopic (exact) mass is 494 g/mol. The lowest BCUT2D eigenvalue weighted by Crippen LogP contribution is -2.37. The Morgan fingerprint density at radius 3 is 2.66 bits per heavy atom. The van der Waals surface area contributed by atoms with Crippen molar-refractivity contribution < 1.29 is 13.9 Å². The normalized spacial score (nSPS) is 24.9. The molecule has 6 rings (SSSR count). The molecule has 0 radical (unpaired) electrons. The van der Waals surface area contributed by atoms with E-state index in [0.29, 0.717) is 72.9 Å². The largest absolute Gasteiger partial charge is 0.378 e. The first kappa shape index (κ1) is 22.8. The highest BCUT2D eigenvalue weighted by Crippen LogP contribution is 2.54. The van der Waals surface area contributed by atoms with E-state index in [-0.39, 0.29) is 11.7 Å². The number of morpholine rings is 1. The van der Waals surface area contributed by atoms with E-state index in [1.54, 1.807) is 4.90 Å². The van der Waals surface area contributed by atoms with Crippen molar-refractivity contribution in [2.24, 2.45) is 17.8 Å². The number of fused-ring (bicyclic) bond motifs is 1. The minimum Gasteiger partial charge on any atom is -0.378 e. The molecule has 3 fully saturated rings. The van der Waals surface area contributed by atoms with E-state index < -0.39 is 0 Å². The topological polar surface area (TPSA) is 51.8 Å². The van der Waals surface area contributed by atoms with Crippen LogP contribution in [-0.4, -0.2) is 61.7 Å². The maximum atomic E-state index is 15.2. The Hall–Kier alpha value is -2.68. The molecule has 1 aliphatic carbocycles. The summed E-state index contributed by atoms with van der Waals surface area (Å²) < 4.78 is 20.6. The molecule has 3 unspecified atom stereocenters. The van der Waals surface area contributed by atoms with Crippen molar-refractivity contribution in [2.75, 3.05) is 55.7 Å². The second-order valence-electron chi connectivity index (χ2n) is 9.88. The van der Waals surface area contributed by atoms with Crippen LogP contribution in [0.2, 0.25) is 0 Å². The predicted molar refractivity (Wildman–Crippen MR) is 137 cm³/mol. The van der Waals surface area contributed by atoms with Crippen LogP contribution in [0.5, 0.6) is 0 Å². The average Bonchev–Trinajstić information content (AvgIpc) is 3.47. The lowest BCUT2D eigenvalue weighted by Gasteiger charge is -2.30. The van der Waals surface area contributed by atoms with Crippen molar-refractivity contribution in [1.29, 1.82) is 0 Å². The number of aromatic nitrogens is 1. The first-order valence-corrected chi connectivity index (χ1v) is 13.3. The molecular weight excluding hydrogens is 463 g/mol. The Labute approximate surface area is 209 Å². The van der Waals surface area contributed by atoms with Gasteiger partial charge in [0.2, 0.25) is 0 Å². The van der Waals surface area contributed by atoms with Crippen molar-refractivity contribution in [3.05, 3.63) is 70.4 Å². The number of benzene rings is 1. The lowest BCUT2D eigenvalue weighted by atomic mass is 10.1. The Bertz CT molecular complexity index is 1150. The van der Waals surface area contributed by atoms with Crippen LogP contribution in [0.3, 0.4) is 0 Å². The van der Waals surface area contributed by atoms with Crippen LogP contribution in [0, 0.1) is 23.6 Å². The quantitative estimate of drug-likeness (QED) is 0.520. The summed E-state index contributed by atoms with van der Waals surface area (Å²) in [6, 6.07) is 13.6. The van der Waals surface area contributed by atoms with E-state index in [0.717, 1.165) is 13.1 Å². The maximum Gasteiger partial charge on any atom is 0.268 e. The molecule has 3 aromatic rings. The highest BCUT2D eigenvalue weighted by atomic mass is 32.1. The fourth-order valence-corrected chi connectivity index (χ4v) is 6.52. The van der Waals surface area contributed by atoms with Gasteiger partial charge in [0.05, 0.1) is 23.8 Å². The Kier molecular flexibility index (Phi) is 6.12. The fourth-order valence-electron chi connectivity index (χ4n) is 5.84. The number of carbonyl (C=O) groups is 1. The van der Waals surface area contributed by atoms with Gasteiger partial charge in [0.15, 0.2) is 0 Å². The van der Waals surface area contributed by atoms with Crippen molar-refractivity contribution in [2.45, 2.75) is 13.0 Å². The van der Waals surface area contributed by atoms with Gasteiger partial charge in [-0.2, -0.15) is 0 Å². The number of aromatic amines is 1. The molecule has 2 aliphatic heterocycles. The van der Waals surface area contributed by atoms with E-state index in [2.05, 4.69) is 22.9 Å². The Balaban J connectivity index is 1.19. The number of hydrogen-bond donors (Lipinski definition) is 1. The summed E-state index contributed by atoms with van der Waals surface area (Å²) in [5.74, 6) is 1.30. The number of nitrogens with one attached hydrogen (secondary N) is 1. The molecular formula is C27H31FN4O2S. The Morgan fingerprint density at radius 1 is 1.20 bits per heavy atom. The van der Waals surface area contributed by atoms with Crippen LogP contribution in [0.15, 0.2) is 54.0 Å². The smallest absolute Gasteiger partial charge is 0.268 e. The number of rotatable bonds is 7. The Morgan fingerprint density at radius 2 is 2.00 bits per heavy atom. The van der Waals surface area contributed by atoms with Crippen molar-refractivity contribution in [1.82, 2.24) is 9.88 Å². The van der Waals surface area contributed by atoms with Crippen LogP contribution in [0.1, 0.15) is 28.3 Å². The van der Waals surface area contributed by atoms with Gasteiger partial charge in [-0.15, -0.1) is 11.3 Å². The molecule has 8 heteroatoms. The van der Waals surface area contributed by atoms with Gasteiger partial charge < -0.3 is 19.5 Å². The standard InChI is InChI=1S/C27H31FN4O2S/c1-18(24-4-2-8-29-24)31-15-20-21(16-31)22(20)17-32(27(33)26-5-3-13-35-26)19-6-7-25(23(28)14-19)30-9-11-34-12-10-30/h2-8,13-14,18,20-22,29H,9-12,15-17H2,1H3. The molecule has 1 aromatic carbocycles. The molecule has 3 aliphatic rings. The molecule has 1 saturated carbocycles. The van der Waals surface area contributed by atoms with Crippen LogP contribution in [0.4, 0.5) is 15.8 Å². The fraction of sp³-hybridized carbons (Fsp3) is 0.444. The number of carbonyl (C=O) groups excluding carboxylic acids is 1. The number of nitrogens with zero attached hydrogens (tertiary/aromatic N) is 3. The maximum absolute atomic E-state index is 15.2. The first-order chi connectivity index (χ1) is 17.1. The molecule has 2 aromatic heterocycles. The number of hydrogen-bond acceptors (Lipinski definition) is 5. The van der Waals surface area contributed by atoms with Crippen molar-refractivity contribution >= 4 is 28.6 Å². The second-order valence-corrected chi connectivity index (χ2v) is 10.8. The number of thiophene rings is 1. The summed E-state index contributed by atoms with van der Waals surface area (Å²) in [5.41, 5.74) is 2.46. The summed E-state index contributed by atoms with van der Waals surface area (Å²) in [7, 11) is 0. The van der Waals surface area contributed by atoms with Gasteiger partial charge in [-0.25, -0.2) is 4.39 Å². The highest BCUT2D eigenvalue weighted by Gasteiger charge is 2.56. The van der Waals surface area contributed by atoms with Gasteiger partial charge in [0.25, 0.3) is 5.91 Å². The van der Waals surface area contributed by atoms with E-state index in [4.69, 9.17) is 4.74 Å². The third-order valence-corrected chi connectivity index (χ3v) is 8.84. The molecule has 4 heterocycles. The number of anilines is 2. The van der Waals surface area contributed by atoms with Crippen LogP contribution in [-0.2, 0) is 4.74 Å². The molecule has 184 valence electrons. The molecule has 1 amide bonds. The molecule has 0 bridgehead atoms. The lowest BCUT2D eigenvalue weighted by molar-refractivity contribution is 0.0987. The average molecular weight is 495 g/mol. The highest BCUT2D eigenvalue weighted by molar-refractivity contribution is 7.12. The van der Waals surface area contributed by atoms with Gasteiger partial charge >= 0.3 is 0 Å². The number of halogens is 1. The molecule has 2 saturated heterocycles. The van der Waals surface area contributed by atoms with Crippen LogP contribution < -0.4 is 9.80 Å². The van der Waals surface area contributed by atoms with E-state index >= 15 is 4.39 Å². The van der Waals surface area contributed by atoms with E-state index in [1.807, 2.05) is 46.8 Å². The summed E-state index contributed by atoms with van der Waals surface area (Å²) in [6.45, 7) is 7.53. The molecule has 35 heavy (non-hydrogen) atoms. The minimum absolute atomic E-state index is 0.0416.